The molecule has 0 saturated carbocycles. The largest absolute Gasteiger partial charge is 0.500 e. The molecule has 0 aliphatic rings. The van der Waals surface area contributed by atoms with E-state index in [-0.39, 0.29) is 34.9 Å². The van der Waals surface area contributed by atoms with Crippen LogP contribution in [0.5, 0.6) is 0 Å². The number of carbonyl (C=O) groups excluding carboxylic acids is 2. The SMILES string of the molecule is CCCCCC(O)CCCC(=O)NCC(C)(C)CC[Si](OC)(OC)OC.CCCCCC(O)CCCC(=O)NCC(C)(C)CC[Si](OCC)(OCC)OCC. The van der Waals surface area contributed by atoms with E-state index in [1.807, 2.05) is 20.8 Å². The van der Waals surface area contributed by atoms with Crippen LogP contribution >= 0.6 is 0 Å². The zero-order valence-corrected chi connectivity index (χ0v) is 39.6. The molecule has 0 aliphatic heterocycles. The van der Waals surface area contributed by atoms with Gasteiger partial charge in [0, 0.05) is 79.2 Å². The van der Waals surface area contributed by atoms with E-state index in [4.69, 9.17) is 26.6 Å². The molecular formula is C41H88N2O10Si2. The summed E-state index contributed by atoms with van der Waals surface area (Å²) in [5.74, 6) is 0.106. The average Bonchev–Trinajstić information content (AvgIpc) is 3.14. The van der Waals surface area contributed by atoms with Gasteiger partial charge in [0.15, 0.2) is 0 Å². The molecule has 2 unspecified atom stereocenters. The summed E-state index contributed by atoms with van der Waals surface area (Å²) in [5, 5.41) is 25.9. The Morgan fingerprint density at radius 3 is 1.18 bits per heavy atom. The molecule has 2 amide bonds. The quantitative estimate of drug-likeness (QED) is 0.0364. The monoisotopic (exact) mass is 825 g/mol. The molecule has 0 aromatic rings. The third-order valence-electron chi connectivity index (χ3n) is 9.93. The summed E-state index contributed by atoms with van der Waals surface area (Å²) in [5.41, 5.74) is -0.137. The van der Waals surface area contributed by atoms with Crippen LogP contribution in [0.4, 0.5) is 0 Å². The number of aliphatic hydroxyl groups excluding tert-OH is 2. The second kappa shape index (κ2) is 32.9. The van der Waals surface area contributed by atoms with Crippen molar-refractivity contribution < 1.29 is 46.4 Å². The van der Waals surface area contributed by atoms with Crippen molar-refractivity contribution in [2.24, 2.45) is 10.8 Å². The van der Waals surface area contributed by atoms with Crippen LogP contribution in [0.25, 0.3) is 0 Å². The van der Waals surface area contributed by atoms with Crippen molar-refractivity contribution in [2.75, 3.05) is 54.2 Å². The minimum Gasteiger partial charge on any atom is -0.393 e. The highest BCUT2D eigenvalue weighted by molar-refractivity contribution is 6.61. The fourth-order valence-corrected chi connectivity index (χ4v) is 11.2. The molecule has 2 atom stereocenters. The second-order valence-electron chi connectivity index (χ2n) is 16.2. The van der Waals surface area contributed by atoms with E-state index in [2.05, 4.69) is 52.2 Å². The molecule has 330 valence electrons. The number of aliphatic hydroxyl groups is 2. The summed E-state index contributed by atoms with van der Waals surface area (Å²) in [6, 6.07) is 1.46. The summed E-state index contributed by atoms with van der Waals surface area (Å²) in [7, 11) is -0.374. The van der Waals surface area contributed by atoms with Crippen molar-refractivity contribution in [3.8, 4) is 0 Å². The number of nitrogens with one attached hydrogen (secondary N) is 2. The van der Waals surface area contributed by atoms with Gasteiger partial charge in [-0.25, -0.2) is 0 Å². The van der Waals surface area contributed by atoms with Gasteiger partial charge in [-0.1, -0.05) is 80.1 Å². The Labute approximate surface area is 340 Å². The molecule has 0 aromatic heterocycles. The lowest BCUT2D eigenvalue weighted by atomic mass is 9.90. The Bertz CT molecular complexity index is 916. The van der Waals surface area contributed by atoms with Crippen LogP contribution in [0.3, 0.4) is 0 Å². The maximum absolute atomic E-state index is 12.2. The molecule has 0 spiro atoms. The Hall–Kier alpha value is -0.946. The van der Waals surface area contributed by atoms with Crippen molar-refractivity contribution in [1.29, 1.82) is 0 Å². The normalized spacial score (nSPS) is 13.6. The zero-order valence-electron chi connectivity index (χ0n) is 37.6. The highest BCUT2D eigenvalue weighted by Gasteiger charge is 2.42. The molecule has 0 bridgehead atoms. The van der Waals surface area contributed by atoms with Crippen LogP contribution in [-0.4, -0.2) is 106 Å². The standard InChI is InChI=1S/C22H47NO5Si.C19H41NO5Si/c1-7-11-12-14-20(24)15-13-16-21(25)23-19-22(5,6)17-18-29(26-8-2,27-9-3)28-10-4;1-7-8-9-11-17(21)12-10-13-18(22)20-16-19(2,3)14-15-26(23-4,24-5)25-6/h20,24H,7-19H2,1-6H3,(H,23,25);17,21H,7-16H2,1-6H3,(H,20,22). The highest BCUT2D eigenvalue weighted by Crippen LogP contribution is 2.29. The highest BCUT2D eigenvalue weighted by atomic mass is 28.4. The number of unbranched alkanes of at least 4 members (excludes halogenated alkanes) is 4. The van der Waals surface area contributed by atoms with Gasteiger partial charge < -0.3 is 47.4 Å². The van der Waals surface area contributed by atoms with Crippen molar-refractivity contribution in [2.45, 2.75) is 189 Å². The molecule has 0 radical (unpaired) electrons. The number of carbonyl (C=O) groups is 2. The number of hydrogen-bond donors (Lipinski definition) is 4. The molecule has 14 heteroatoms. The predicted octanol–water partition coefficient (Wildman–Crippen LogP) is 8.19. The minimum atomic E-state index is -2.65. The Morgan fingerprint density at radius 1 is 0.545 bits per heavy atom. The van der Waals surface area contributed by atoms with Gasteiger partial charge in [-0.2, -0.15) is 0 Å². The summed E-state index contributed by atoms with van der Waals surface area (Å²) >= 11 is 0. The van der Waals surface area contributed by atoms with Gasteiger partial charge in [0.25, 0.3) is 0 Å². The maximum Gasteiger partial charge on any atom is 0.500 e. The van der Waals surface area contributed by atoms with Gasteiger partial charge in [-0.15, -0.1) is 0 Å². The minimum absolute atomic E-state index is 0.0487. The van der Waals surface area contributed by atoms with E-state index in [0.717, 1.165) is 83.1 Å². The summed E-state index contributed by atoms with van der Waals surface area (Å²) < 4.78 is 34.1. The van der Waals surface area contributed by atoms with Gasteiger partial charge in [0.05, 0.1) is 12.2 Å². The first-order valence-electron chi connectivity index (χ1n) is 21.4. The predicted molar refractivity (Wildman–Crippen MR) is 228 cm³/mol. The van der Waals surface area contributed by atoms with Crippen molar-refractivity contribution in [3.63, 3.8) is 0 Å². The Balaban J connectivity index is 0. The third-order valence-corrected chi connectivity index (χ3v) is 15.7. The molecule has 55 heavy (non-hydrogen) atoms. The van der Waals surface area contributed by atoms with E-state index in [1.165, 1.54) is 0 Å². The molecule has 0 saturated heterocycles. The first-order chi connectivity index (χ1) is 26.0. The molecule has 0 aliphatic carbocycles. The lowest BCUT2D eigenvalue weighted by Crippen LogP contribution is -2.47. The van der Waals surface area contributed by atoms with Gasteiger partial charge in [0.2, 0.25) is 11.8 Å². The van der Waals surface area contributed by atoms with Gasteiger partial charge in [0.1, 0.15) is 0 Å². The van der Waals surface area contributed by atoms with E-state index in [9.17, 15) is 19.8 Å². The number of rotatable bonds is 35. The van der Waals surface area contributed by atoms with Crippen LogP contribution < -0.4 is 10.6 Å². The van der Waals surface area contributed by atoms with Gasteiger partial charge >= 0.3 is 17.6 Å². The van der Waals surface area contributed by atoms with Crippen LogP contribution in [0.2, 0.25) is 12.1 Å². The first-order valence-corrected chi connectivity index (χ1v) is 25.3. The molecule has 4 N–H and O–H groups in total. The summed E-state index contributed by atoms with van der Waals surface area (Å²) in [4.78, 5) is 24.2. The second-order valence-corrected chi connectivity index (χ2v) is 22.1. The van der Waals surface area contributed by atoms with Gasteiger partial charge in [-0.3, -0.25) is 9.59 Å². The van der Waals surface area contributed by atoms with Crippen LogP contribution in [0, 0.1) is 10.8 Å². The van der Waals surface area contributed by atoms with E-state index in [1.54, 1.807) is 21.3 Å². The first kappa shape index (κ1) is 56.2. The average molecular weight is 825 g/mol. The molecular weight excluding hydrogens is 737 g/mol. The van der Waals surface area contributed by atoms with E-state index in [0.29, 0.717) is 64.6 Å². The molecule has 0 heterocycles. The fraction of sp³-hybridized carbons (Fsp3) is 0.951. The number of amides is 2. The Morgan fingerprint density at radius 2 is 0.873 bits per heavy atom. The summed E-state index contributed by atoms with van der Waals surface area (Å²) in [6.07, 6.45) is 13.4. The Kier molecular flexibility index (Phi) is 33.6. The molecule has 0 fully saturated rings. The number of hydrogen-bond acceptors (Lipinski definition) is 10. The lowest BCUT2D eigenvalue weighted by molar-refractivity contribution is -0.122. The third kappa shape index (κ3) is 29.9. The van der Waals surface area contributed by atoms with Crippen LogP contribution in [0.1, 0.15) is 165 Å². The molecule has 0 rings (SSSR count). The lowest BCUT2D eigenvalue weighted by Gasteiger charge is -2.32. The zero-order chi connectivity index (χ0) is 42.2. The topological polar surface area (TPSA) is 154 Å². The van der Waals surface area contributed by atoms with E-state index >= 15 is 0 Å². The maximum atomic E-state index is 12.2. The molecule has 0 aromatic carbocycles. The van der Waals surface area contributed by atoms with Crippen LogP contribution in [-0.2, 0) is 36.1 Å². The van der Waals surface area contributed by atoms with Crippen molar-refractivity contribution in [3.05, 3.63) is 0 Å². The van der Waals surface area contributed by atoms with Crippen molar-refractivity contribution in [1.82, 2.24) is 10.6 Å². The molecule has 12 nitrogen and oxygen atoms in total. The van der Waals surface area contributed by atoms with Crippen molar-refractivity contribution >= 4 is 29.4 Å². The van der Waals surface area contributed by atoms with Gasteiger partial charge in [-0.05, 0) is 83.0 Å². The fourth-order valence-electron chi connectivity index (χ4n) is 6.11. The smallest absolute Gasteiger partial charge is 0.393 e. The van der Waals surface area contributed by atoms with E-state index < -0.39 is 17.6 Å². The van der Waals surface area contributed by atoms with Crippen LogP contribution in [0.15, 0.2) is 0 Å². The summed E-state index contributed by atoms with van der Waals surface area (Å²) in [6.45, 7) is 21.7.